The second-order valence-corrected chi connectivity index (χ2v) is 7.64. The molecule has 0 aliphatic rings. The normalized spacial score (nSPS) is 10.2. The number of rotatable bonds is 10. The highest BCUT2D eigenvalue weighted by atomic mass is 16.5. The van der Waals surface area contributed by atoms with Crippen LogP contribution in [0.25, 0.3) is 0 Å². The molecule has 0 spiro atoms. The van der Waals surface area contributed by atoms with Crippen LogP contribution >= 0.6 is 0 Å². The lowest BCUT2D eigenvalue weighted by Gasteiger charge is -2.21. The first-order chi connectivity index (χ1) is 16.0. The molecule has 0 heterocycles. The third-order valence-corrected chi connectivity index (χ3v) is 4.82. The van der Waals surface area contributed by atoms with E-state index in [1.165, 1.54) is 0 Å². The highest BCUT2D eigenvalue weighted by Crippen LogP contribution is 2.19. The summed E-state index contributed by atoms with van der Waals surface area (Å²) >= 11 is 0. The molecular formula is C27H29N3O3. The molecule has 6 heteroatoms. The van der Waals surface area contributed by atoms with Crippen molar-refractivity contribution in [1.82, 2.24) is 0 Å². The summed E-state index contributed by atoms with van der Waals surface area (Å²) in [5.41, 5.74) is 3.71. The van der Waals surface area contributed by atoms with Crippen molar-refractivity contribution in [3.8, 4) is 5.75 Å². The zero-order valence-corrected chi connectivity index (χ0v) is 19.0. The summed E-state index contributed by atoms with van der Waals surface area (Å²) in [4.78, 5) is 27.1. The molecule has 170 valence electrons. The van der Waals surface area contributed by atoms with E-state index in [0.717, 1.165) is 11.3 Å². The van der Waals surface area contributed by atoms with Gasteiger partial charge in [0.2, 0.25) is 5.91 Å². The van der Waals surface area contributed by atoms with Gasteiger partial charge < -0.3 is 20.3 Å². The molecule has 6 nitrogen and oxygen atoms in total. The van der Waals surface area contributed by atoms with E-state index in [9.17, 15) is 9.59 Å². The van der Waals surface area contributed by atoms with E-state index in [1.54, 1.807) is 47.4 Å². The van der Waals surface area contributed by atoms with E-state index in [1.807, 2.05) is 50.2 Å². The molecule has 3 aromatic carbocycles. The maximum atomic E-state index is 13.0. The molecule has 0 atom stereocenters. The fraction of sp³-hybridized carbons (Fsp3) is 0.185. The number of nitrogens with zero attached hydrogens (tertiary/aromatic N) is 1. The van der Waals surface area contributed by atoms with Gasteiger partial charge in [-0.1, -0.05) is 30.8 Å². The van der Waals surface area contributed by atoms with Gasteiger partial charge in [0.1, 0.15) is 12.4 Å². The highest BCUT2D eigenvalue weighted by Gasteiger charge is 2.16. The Morgan fingerprint density at radius 2 is 1.67 bits per heavy atom. The number of nitrogens with one attached hydrogen (secondary N) is 2. The minimum absolute atomic E-state index is 0.0712. The summed E-state index contributed by atoms with van der Waals surface area (Å²) in [6.45, 7) is 8.73. The molecular weight excluding hydrogens is 414 g/mol. The van der Waals surface area contributed by atoms with Crippen LogP contribution in [0.1, 0.15) is 24.2 Å². The van der Waals surface area contributed by atoms with Gasteiger partial charge >= 0.3 is 0 Å². The van der Waals surface area contributed by atoms with Crippen LogP contribution < -0.4 is 20.3 Å². The Balaban J connectivity index is 1.56. The molecule has 2 N–H and O–H groups in total. The van der Waals surface area contributed by atoms with Gasteiger partial charge in [-0.3, -0.25) is 9.59 Å². The number of ether oxygens (including phenoxy) is 1. The van der Waals surface area contributed by atoms with Gasteiger partial charge in [-0.05, 0) is 74.0 Å². The molecule has 0 unspecified atom stereocenters. The Kier molecular flexibility index (Phi) is 8.24. The highest BCUT2D eigenvalue weighted by molar-refractivity contribution is 6.06. The molecule has 0 saturated heterocycles. The second kappa shape index (κ2) is 11.5. The monoisotopic (exact) mass is 443 g/mol. The van der Waals surface area contributed by atoms with Gasteiger partial charge in [-0.25, -0.2) is 0 Å². The minimum Gasteiger partial charge on any atom is -0.489 e. The molecule has 0 radical (unpaired) electrons. The second-order valence-electron chi connectivity index (χ2n) is 7.64. The van der Waals surface area contributed by atoms with Gasteiger partial charge in [-0.15, -0.1) is 0 Å². The average molecular weight is 444 g/mol. The zero-order valence-electron chi connectivity index (χ0n) is 19.0. The third kappa shape index (κ3) is 6.97. The molecule has 0 aliphatic heterocycles. The first kappa shape index (κ1) is 23.6. The Hall–Kier alpha value is -4.06. The summed E-state index contributed by atoms with van der Waals surface area (Å²) in [6, 6.07) is 23.9. The molecule has 2 amide bonds. The van der Waals surface area contributed by atoms with Crippen molar-refractivity contribution in [1.29, 1.82) is 0 Å². The van der Waals surface area contributed by atoms with Gasteiger partial charge in [0, 0.05) is 29.2 Å². The van der Waals surface area contributed by atoms with Crippen LogP contribution in [-0.4, -0.2) is 31.5 Å². The Labute approximate surface area is 194 Å². The Morgan fingerprint density at radius 3 is 2.33 bits per heavy atom. The minimum atomic E-state index is -0.193. The average Bonchev–Trinajstić information content (AvgIpc) is 2.83. The predicted octanol–water partition coefficient (Wildman–Crippen LogP) is 5.36. The molecule has 0 saturated carbocycles. The molecule has 3 rings (SSSR count). The molecule has 0 aromatic heterocycles. The topological polar surface area (TPSA) is 70.7 Å². The first-order valence-electron chi connectivity index (χ1n) is 10.8. The van der Waals surface area contributed by atoms with Crippen LogP contribution in [0, 0.1) is 0 Å². The van der Waals surface area contributed by atoms with Gasteiger partial charge in [-0.2, -0.15) is 0 Å². The van der Waals surface area contributed by atoms with Gasteiger partial charge in [0.05, 0.1) is 6.54 Å². The van der Waals surface area contributed by atoms with E-state index in [0.29, 0.717) is 35.8 Å². The van der Waals surface area contributed by atoms with Crippen LogP contribution in [0.4, 0.5) is 17.1 Å². The van der Waals surface area contributed by atoms with E-state index < -0.39 is 0 Å². The Bertz CT molecular complexity index is 1100. The van der Waals surface area contributed by atoms with Crippen LogP contribution in [0.5, 0.6) is 5.75 Å². The summed E-state index contributed by atoms with van der Waals surface area (Å²) in [7, 11) is 0. The SMILES string of the molecule is C=C(C)COc1ccc(NC(=O)CNc2cccc(C(=O)N(CC)c3ccccc3)c2)cc1. The number of carbonyl (C=O) groups excluding carboxylic acids is 2. The van der Waals surface area contributed by atoms with Crippen LogP contribution in [-0.2, 0) is 4.79 Å². The summed E-state index contributed by atoms with van der Waals surface area (Å²) in [5, 5.41) is 5.92. The van der Waals surface area contributed by atoms with E-state index in [2.05, 4.69) is 17.2 Å². The van der Waals surface area contributed by atoms with Crippen LogP contribution in [0.2, 0.25) is 0 Å². The first-order valence-corrected chi connectivity index (χ1v) is 10.8. The van der Waals surface area contributed by atoms with Crippen molar-refractivity contribution in [3.63, 3.8) is 0 Å². The van der Waals surface area contributed by atoms with E-state index in [4.69, 9.17) is 4.74 Å². The number of benzene rings is 3. The largest absolute Gasteiger partial charge is 0.489 e. The quantitative estimate of drug-likeness (QED) is 0.414. The third-order valence-electron chi connectivity index (χ3n) is 4.82. The molecule has 0 aliphatic carbocycles. The molecule has 0 fully saturated rings. The van der Waals surface area contributed by atoms with Crippen molar-refractivity contribution in [2.24, 2.45) is 0 Å². The standard InChI is InChI=1S/C27H29N3O3/c1-4-30(24-11-6-5-7-12-24)27(32)21-9-8-10-23(17-21)28-18-26(31)29-22-13-15-25(16-14-22)33-19-20(2)3/h5-17,28H,2,4,18-19H2,1,3H3,(H,29,31). The lowest BCUT2D eigenvalue weighted by atomic mass is 10.1. The molecule has 0 bridgehead atoms. The smallest absolute Gasteiger partial charge is 0.258 e. The van der Waals surface area contributed by atoms with Crippen LogP contribution in [0.3, 0.4) is 0 Å². The number of hydrogen-bond acceptors (Lipinski definition) is 4. The lowest BCUT2D eigenvalue weighted by Crippen LogP contribution is -2.30. The number of anilines is 3. The predicted molar refractivity (Wildman–Crippen MR) is 134 cm³/mol. The number of hydrogen-bond donors (Lipinski definition) is 2. The molecule has 3 aromatic rings. The fourth-order valence-electron chi connectivity index (χ4n) is 3.20. The van der Waals surface area contributed by atoms with Crippen molar-refractivity contribution < 1.29 is 14.3 Å². The van der Waals surface area contributed by atoms with E-state index in [-0.39, 0.29) is 18.4 Å². The number of carbonyl (C=O) groups is 2. The summed E-state index contributed by atoms with van der Waals surface area (Å²) in [6.07, 6.45) is 0. The molecule has 33 heavy (non-hydrogen) atoms. The van der Waals surface area contributed by atoms with Gasteiger partial charge in [0.25, 0.3) is 5.91 Å². The maximum absolute atomic E-state index is 13.0. The summed E-state index contributed by atoms with van der Waals surface area (Å²) < 4.78 is 5.56. The van der Waals surface area contributed by atoms with E-state index >= 15 is 0 Å². The van der Waals surface area contributed by atoms with Crippen molar-refractivity contribution in [2.75, 3.05) is 35.2 Å². The maximum Gasteiger partial charge on any atom is 0.258 e. The van der Waals surface area contributed by atoms with Crippen molar-refractivity contribution in [3.05, 3.63) is 96.6 Å². The summed E-state index contributed by atoms with van der Waals surface area (Å²) in [5.74, 6) is 0.430. The fourth-order valence-corrected chi connectivity index (χ4v) is 3.20. The zero-order chi connectivity index (χ0) is 23.6. The Morgan fingerprint density at radius 1 is 0.939 bits per heavy atom. The van der Waals surface area contributed by atoms with Crippen LogP contribution in [0.15, 0.2) is 91.0 Å². The van der Waals surface area contributed by atoms with Gasteiger partial charge in [0.15, 0.2) is 0 Å². The lowest BCUT2D eigenvalue weighted by molar-refractivity contribution is -0.114. The number of amides is 2. The van der Waals surface area contributed by atoms with Crippen molar-refractivity contribution in [2.45, 2.75) is 13.8 Å². The van der Waals surface area contributed by atoms with Crippen molar-refractivity contribution >= 4 is 28.9 Å². The number of para-hydroxylation sites is 1.